The molecule has 84 valence electrons. The lowest BCUT2D eigenvalue weighted by Gasteiger charge is -2.08. The standard InChI is InChI=1S/C8H9N5O3/c1-9-5-4-6(11-3-10-5)12(2)7(14)8(15)13(4)16/h3,16H,1-2H3,(H,9,10,11). The Morgan fingerprint density at radius 1 is 1.31 bits per heavy atom. The quantitative estimate of drug-likeness (QED) is 0.463. The Labute approximate surface area is 88.8 Å². The molecule has 16 heavy (non-hydrogen) atoms. The summed E-state index contributed by atoms with van der Waals surface area (Å²) in [7, 11) is 2.98. The monoisotopic (exact) mass is 223 g/mol. The van der Waals surface area contributed by atoms with Gasteiger partial charge in [-0.05, 0) is 0 Å². The highest BCUT2D eigenvalue weighted by atomic mass is 16.5. The minimum atomic E-state index is -1.04. The fourth-order valence-corrected chi connectivity index (χ4v) is 1.42. The van der Waals surface area contributed by atoms with Crippen molar-refractivity contribution in [2.45, 2.75) is 0 Å². The molecule has 0 aliphatic rings. The molecular formula is C8H9N5O3. The Kier molecular flexibility index (Phi) is 2.11. The SMILES string of the molecule is CNc1ncnc2c1n(O)c(=O)c(=O)n2C. The molecule has 2 N–H and O–H groups in total. The zero-order valence-electron chi connectivity index (χ0n) is 8.63. The lowest BCUT2D eigenvalue weighted by molar-refractivity contribution is 0.186. The molecular weight excluding hydrogens is 214 g/mol. The van der Waals surface area contributed by atoms with E-state index < -0.39 is 11.1 Å². The van der Waals surface area contributed by atoms with Crippen molar-refractivity contribution in [2.75, 3.05) is 12.4 Å². The molecule has 2 heterocycles. The number of rotatable bonds is 1. The van der Waals surface area contributed by atoms with E-state index in [4.69, 9.17) is 0 Å². The van der Waals surface area contributed by atoms with Gasteiger partial charge in [-0.2, -0.15) is 0 Å². The second-order valence-corrected chi connectivity index (χ2v) is 3.13. The van der Waals surface area contributed by atoms with E-state index in [1.807, 2.05) is 0 Å². The smallest absolute Gasteiger partial charge is 0.349 e. The molecule has 2 aromatic heterocycles. The van der Waals surface area contributed by atoms with Gasteiger partial charge >= 0.3 is 11.1 Å². The third kappa shape index (κ3) is 1.16. The van der Waals surface area contributed by atoms with Crippen molar-refractivity contribution < 1.29 is 5.21 Å². The van der Waals surface area contributed by atoms with Crippen LogP contribution in [-0.2, 0) is 7.05 Å². The minimum absolute atomic E-state index is 0.0668. The summed E-state index contributed by atoms with van der Waals surface area (Å²) in [6.45, 7) is 0. The van der Waals surface area contributed by atoms with Crippen LogP contribution in [-0.4, -0.2) is 31.5 Å². The lowest BCUT2D eigenvalue weighted by Crippen LogP contribution is -2.40. The number of hydrogen-bond acceptors (Lipinski definition) is 6. The van der Waals surface area contributed by atoms with Crippen LogP contribution < -0.4 is 16.4 Å². The molecule has 0 aromatic carbocycles. The molecule has 8 nitrogen and oxygen atoms in total. The van der Waals surface area contributed by atoms with Gasteiger partial charge in [-0.15, -0.1) is 4.73 Å². The molecule has 0 aliphatic carbocycles. The fraction of sp³-hybridized carbons (Fsp3) is 0.250. The van der Waals surface area contributed by atoms with E-state index in [1.54, 1.807) is 7.05 Å². The summed E-state index contributed by atoms with van der Waals surface area (Å²) in [4.78, 5) is 30.4. The largest absolute Gasteiger partial charge is 0.424 e. The summed E-state index contributed by atoms with van der Waals surface area (Å²) in [6.07, 6.45) is 1.23. The minimum Gasteiger partial charge on any atom is -0.424 e. The average molecular weight is 223 g/mol. The molecule has 2 aromatic rings. The Hall–Kier alpha value is -2.38. The summed E-state index contributed by atoms with van der Waals surface area (Å²) in [6, 6.07) is 0. The van der Waals surface area contributed by atoms with Crippen LogP contribution in [0, 0.1) is 0 Å². The Bertz CT molecular complexity index is 672. The van der Waals surface area contributed by atoms with Gasteiger partial charge < -0.3 is 10.5 Å². The van der Waals surface area contributed by atoms with Crippen molar-refractivity contribution in [3.8, 4) is 0 Å². The molecule has 0 spiro atoms. The number of aromatic nitrogens is 4. The molecule has 0 radical (unpaired) electrons. The third-order valence-electron chi connectivity index (χ3n) is 2.25. The third-order valence-corrected chi connectivity index (χ3v) is 2.25. The average Bonchev–Trinajstić information content (AvgIpc) is 2.32. The van der Waals surface area contributed by atoms with Gasteiger partial charge in [0.1, 0.15) is 6.33 Å². The number of aryl methyl sites for hydroxylation is 1. The topological polar surface area (TPSA) is 102 Å². The van der Waals surface area contributed by atoms with Gasteiger partial charge in [0.15, 0.2) is 17.0 Å². The lowest BCUT2D eigenvalue weighted by atomic mass is 10.4. The maximum atomic E-state index is 11.4. The van der Waals surface area contributed by atoms with Crippen LogP contribution in [0.2, 0.25) is 0 Å². The Morgan fingerprint density at radius 2 is 2.00 bits per heavy atom. The fourth-order valence-electron chi connectivity index (χ4n) is 1.42. The summed E-state index contributed by atoms with van der Waals surface area (Å²) in [5.74, 6) is 0.264. The van der Waals surface area contributed by atoms with E-state index in [1.165, 1.54) is 13.4 Å². The number of nitrogens with zero attached hydrogens (tertiary/aromatic N) is 4. The van der Waals surface area contributed by atoms with Crippen molar-refractivity contribution in [3.63, 3.8) is 0 Å². The van der Waals surface area contributed by atoms with Gasteiger partial charge in [0.25, 0.3) is 0 Å². The zero-order chi connectivity index (χ0) is 11.9. The van der Waals surface area contributed by atoms with E-state index in [2.05, 4.69) is 15.3 Å². The molecule has 0 unspecified atom stereocenters. The first-order chi connectivity index (χ1) is 7.57. The van der Waals surface area contributed by atoms with E-state index >= 15 is 0 Å². The van der Waals surface area contributed by atoms with E-state index in [0.29, 0.717) is 0 Å². The van der Waals surface area contributed by atoms with Crippen LogP contribution in [0.1, 0.15) is 0 Å². The first-order valence-electron chi connectivity index (χ1n) is 4.41. The predicted octanol–water partition coefficient (Wildman–Crippen LogP) is -1.23. The van der Waals surface area contributed by atoms with Crippen LogP contribution >= 0.6 is 0 Å². The van der Waals surface area contributed by atoms with E-state index in [-0.39, 0.29) is 21.7 Å². The summed E-state index contributed by atoms with van der Waals surface area (Å²) in [5.41, 5.74) is -1.65. The molecule has 0 amide bonds. The highest BCUT2D eigenvalue weighted by Crippen LogP contribution is 2.13. The van der Waals surface area contributed by atoms with Gasteiger partial charge in [-0.3, -0.25) is 14.2 Å². The van der Waals surface area contributed by atoms with Gasteiger partial charge in [0.05, 0.1) is 0 Å². The van der Waals surface area contributed by atoms with Gasteiger partial charge in [-0.1, -0.05) is 0 Å². The van der Waals surface area contributed by atoms with Crippen molar-refractivity contribution in [1.29, 1.82) is 0 Å². The maximum Gasteiger partial charge on any atom is 0.349 e. The highest BCUT2D eigenvalue weighted by molar-refractivity contribution is 5.82. The molecule has 0 atom stereocenters. The predicted molar refractivity (Wildman–Crippen MR) is 55.8 cm³/mol. The highest BCUT2D eigenvalue weighted by Gasteiger charge is 2.14. The zero-order valence-corrected chi connectivity index (χ0v) is 8.63. The van der Waals surface area contributed by atoms with Crippen molar-refractivity contribution in [3.05, 3.63) is 27.0 Å². The molecule has 0 saturated carbocycles. The van der Waals surface area contributed by atoms with Crippen LogP contribution in [0.25, 0.3) is 11.2 Å². The molecule has 0 aliphatic heterocycles. The second kappa shape index (κ2) is 3.33. The van der Waals surface area contributed by atoms with Crippen molar-refractivity contribution in [2.24, 2.45) is 7.05 Å². The Morgan fingerprint density at radius 3 is 2.62 bits per heavy atom. The van der Waals surface area contributed by atoms with Crippen LogP contribution in [0.3, 0.4) is 0 Å². The maximum absolute atomic E-state index is 11.4. The van der Waals surface area contributed by atoms with Crippen LogP contribution in [0.4, 0.5) is 5.82 Å². The Balaban J connectivity index is 3.15. The molecule has 0 saturated heterocycles. The first-order valence-corrected chi connectivity index (χ1v) is 4.41. The number of hydrogen-bond donors (Lipinski definition) is 2. The number of nitrogens with one attached hydrogen (secondary N) is 1. The molecule has 8 heteroatoms. The second-order valence-electron chi connectivity index (χ2n) is 3.13. The van der Waals surface area contributed by atoms with Crippen molar-refractivity contribution in [1.82, 2.24) is 19.3 Å². The first kappa shape index (κ1) is 10.1. The van der Waals surface area contributed by atoms with Crippen LogP contribution in [0.5, 0.6) is 0 Å². The van der Waals surface area contributed by atoms with Gasteiger partial charge in [0.2, 0.25) is 0 Å². The van der Waals surface area contributed by atoms with E-state index in [9.17, 15) is 14.8 Å². The normalized spacial score (nSPS) is 10.6. The summed E-state index contributed by atoms with van der Waals surface area (Å²) in [5, 5.41) is 12.2. The van der Waals surface area contributed by atoms with Gasteiger partial charge in [0, 0.05) is 14.1 Å². The summed E-state index contributed by atoms with van der Waals surface area (Å²) < 4.78 is 1.32. The molecule has 2 rings (SSSR count). The number of anilines is 1. The summed E-state index contributed by atoms with van der Waals surface area (Å²) >= 11 is 0. The van der Waals surface area contributed by atoms with Gasteiger partial charge in [-0.25, -0.2) is 9.97 Å². The van der Waals surface area contributed by atoms with Crippen molar-refractivity contribution >= 4 is 17.0 Å². The van der Waals surface area contributed by atoms with Crippen LogP contribution in [0.15, 0.2) is 15.9 Å². The molecule has 0 fully saturated rings. The number of fused-ring (bicyclic) bond motifs is 1. The molecule has 0 bridgehead atoms. The van der Waals surface area contributed by atoms with E-state index in [0.717, 1.165) is 4.57 Å².